The molecular weight excluding hydrogens is 244 g/mol. The van der Waals surface area contributed by atoms with Gasteiger partial charge in [0.15, 0.2) is 4.34 Å². The Balaban J connectivity index is 2.02. The van der Waals surface area contributed by atoms with Crippen molar-refractivity contribution in [1.82, 2.24) is 25.0 Å². The fourth-order valence-electron chi connectivity index (χ4n) is 1.21. The molecule has 0 aliphatic carbocycles. The lowest BCUT2D eigenvalue weighted by atomic mass is 10.4. The molecule has 0 saturated carbocycles. The second kappa shape index (κ2) is 4.79. The Hall–Kier alpha value is -1.15. The van der Waals surface area contributed by atoms with Crippen molar-refractivity contribution in [2.75, 3.05) is 5.73 Å². The average molecular weight is 256 g/mol. The summed E-state index contributed by atoms with van der Waals surface area (Å²) in [6.45, 7) is 4.15. The molecule has 0 saturated heterocycles. The average Bonchev–Trinajstić information content (AvgIpc) is 2.83. The molecule has 16 heavy (non-hydrogen) atoms. The molecule has 0 spiro atoms. The smallest absolute Gasteiger partial charge is 0.203 e. The van der Waals surface area contributed by atoms with E-state index in [2.05, 4.69) is 34.1 Å². The largest absolute Gasteiger partial charge is 0.374 e. The van der Waals surface area contributed by atoms with Gasteiger partial charge >= 0.3 is 0 Å². The highest BCUT2D eigenvalue weighted by Gasteiger charge is 2.09. The molecule has 6 nitrogen and oxygen atoms in total. The minimum absolute atomic E-state index is 0.317. The fourth-order valence-corrected chi connectivity index (χ4v) is 2.78. The summed E-state index contributed by atoms with van der Waals surface area (Å²) in [5.74, 6) is 1.67. The molecule has 0 fully saturated rings. The second-order valence-corrected chi connectivity index (χ2v) is 5.64. The van der Waals surface area contributed by atoms with Crippen LogP contribution in [0.2, 0.25) is 0 Å². The van der Waals surface area contributed by atoms with Gasteiger partial charge in [-0.15, -0.1) is 10.2 Å². The summed E-state index contributed by atoms with van der Waals surface area (Å²) in [4.78, 5) is 4.22. The Morgan fingerprint density at radius 1 is 1.50 bits per heavy atom. The molecule has 0 bridgehead atoms. The molecule has 2 aromatic rings. The lowest BCUT2D eigenvalue weighted by Crippen LogP contribution is -2.07. The van der Waals surface area contributed by atoms with Crippen LogP contribution < -0.4 is 5.73 Å². The van der Waals surface area contributed by atoms with Crippen LogP contribution in [0.4, 0.5) is 5.13 Å². The molecule has 8 heteroatoms. The maximum Gasteiger partial charge on any atom is 0.203 e. The first-order chi connectivity index (χ1) is 7.66. The van der Waals surface area contributed by atoms with E-state index in [-0.39, 0.29) is 0 Å². The summed E-state index contributed by atoms with van der Waals surface area (Å²) < 4.78 is 2.76. The normalized spacial score (nSPS) is 11.2. The zero-order valence-electron chi connectivity index (χ0n) is 8.99. The van der Waals surface area contributed by atoms with Crippen LogP contribution in [0.15, 0.2) is 10.7 Å². The van der Waals surface area contributed by atoms with Gasteiger partial charge in [0.05, 0.1) is 5.75 Å². The van der Waals surface area contributed by atoms with Gasteiger partial charge in [0.25, 0.3) is 0 Å². The van der Waals surface area contributed by atoms with Gasteiger partial charge < -0.3 is 5.73 Å². The molecule has 2 N–H and O–H groups in total. The first-order valence-corrected chi connectivity index (χ1v) is 6.57. The van der Waals surface area contributed by atoms with Crippen molar-refractivity contribution in [2.45, 2.75) is 30.0 Å². The maximum atomic E-state index is 5.50. The number of rotatable bonds is 4. The van der Waals surface area contributed by atoms with E-state index in [4.69, 9.17) is 5.73 Å². The molecular formula is C8H12N6S2. The standard InChI is InChI=1S/C8H12N6S2/c1-5(2)14-6(10-4-11-14)3-15-8-13-12-7(9)16-8/h4-5H,3H2,1-2H3,(H2,9,12). The van der Waals surface area contributed by atoms with Crippen molar-refractivity contribution >= 4 is 28.2 Å². The molecule has 2 aromatic heterocycles. The van der Waals surface area contributed by atoms with Crippen LogP contribution in [0.25, 0.3) is 0 Å². The van der Waals surface area contributed by atoms with Crippen LogP contribution in [-0.4, -0.2) is 25.0 Å². The molecule has 0 amide bonds. The van der Waals surface area contributed by atoms with Crippen LogP contribution in [0.1, 0.15) is 25.7 Å². The van der Waals surface area contributed by atoms with Crippen LogP contribution in [-0.2, 0) is 5.75 Å². The Labute approximate surface area is 101 Å². The van der Waals surface area contributed by atoms with E-state index in [1.165, 1.54) is 11.3 Å². The SMILES string of the molecule is CC(C)n1ncnc1CSc1nnc(N)s1. The lowest BCUT2D eigenvalue weighted by molar-refractivity contribution is 0.514. The number of hydrogen-bond acceptors (Lipinski definition) is 7. The van der Waals surface area contributed by atoms with E-state index >= 15 is 0 Å². The predicted molar refractivity (Wildman–Crippen MR) is 64.3 cm³/mol. The van der Waals surface area contributed by atoms with E-state index in [1.807, 2.05) is 4.68 Å². The molecule has 0 aliphatic heterocycles. The van der Waals surface area contributed by atoms with Crippen molar-refractivity contribution in [3.63, 3.8) is 0 Å². The zero-order chi connectivity index (χ0) is 11.5. The number of nitrogen functional groups attached to an aromatic ring is 1. The van der Waals surface area contributed by atoms with Crippen molar-refractivity contribution in [3.05, 3.63) is 12.2 Å². The summed E-state index contributed by atoms with van der Waals surface area (Å²) in [7, 11) is 0. The van der Waals surface area contributed by atoms with Gasteiger partial charge in [0.1, 0.15) is 12.2 Å². The Morgan fingerprint density at radius 2 is 2.31 bits per heavy atom. The Bertz CT molecular complexity index is 463. The van der Waals surface area contributed by atoms with Crippen LogP contribution in [0, 0.1) is 0 Å². The highest BCUT2D eigenvalue weighted by Crippen LogP contribution is 2.26. The summed E-state index contributed by atoms with van der Waals surface area (Å²) in [6, 6.07) is 0.317. The number of aromatic nitrogens is 5. The zero-order valence-corrected chi connectivity index (χ0v) is 10.6. The number of thioether (sulfide) groups is 1. The summed E-state index contributed by atoms with van der Waals surface area (Å²) >= 11 is 2.96. The van der Waals surface area contributed by atoms with E-state index < -0.39 is 0 Å². The molecule has 0 radical (unpaired) electrons. The summed E-state index contributed by atoms with van der Waals surface area (Å²) in [5.41, 5.74) is 5.50. The Kier molecular flexibility index (Phi) is 3.39. The third-order valence-electron chi connectivity index (χ3n) is 1.88. The number of nitrogens with zero attached hydrogens (tertiary/aromatic N) is 5. The van der Waals surface area contributed by atoms with Gasteiger partial charge in [-0.05, 0) is 13.8 Å². The minimum atomic E-state index is 0.317. The molecule has 0 aliphatic rings. The quantitative estimate of drug-likeness (QED) is 0.836. The summed E-state index contributed by atoms with van der Waals surface area (Å²) in [5, 5.41) is 12.4. The number of nitrogens with two attached hydrogens (primary N) is 1. The lowest BCUT2D eigenvalue weighted by Gasteiger charge is -2.07. The Morgan fingerprint density at radius 3 is 2.94 bits per heavy atom. The van der Waals surface area contributed by atoms with E-state index in [0.717, 1.165) is 15.9 Å². The van der Waals surface area contributed by atoms with Crippen molar-refractivity contribution in [1.29, 1.82) is 0 Å². The van der Waals surface area contributed by atoms with Crippen LogP contribution in [0.3, 0.4) is 0 Å². The first-order valence-electron chi connectivity index (χ1n) is 4.77. The van der Waals surface area contributed by atoms with Crippen molar-refractivity contribution < 1.29 is 0 Å². The van der Waals surface area contributed by atoms with Gasteiger partial charge in [-0.1, -0.05) is 23.1 Å². The topological polar surface area (TPSA) is 82.5 Å². The minimum Gasteiger partial charge on any atom is -0.374 e. The van der Waals surface area contributed by atoms with Gasteiger partial charge in [0, 0.05) is 6.04 Å². The second-order valence-electron chi connectivity index (χ2n) is 3.41. The highest BCUT2D eigenvalue weighted by atomic mass is 32.2. The number of anilines is 1. The molecule has 86 valence electrons. The maximum absolute atomic E-state index is 5.50. The predicted octanol–water partition coefficient (Wildman–Crippen LogP) is 1.58. The van der Waals surface area contributed by atoms with E-state index in [1.54, 1.807) is 18.1 Å². The third-order valence-corrected chi connectivity index (χ3v) is 3.76. The van der Waals surface area contributed by atoms with Crippen molar-refractivity contribution in [3.8, 4) is 0 Å². The third kappa shape index (κ3) is 2.50. The van der Waals surface area contributed by atoms with Gasteiger partial charge in [-0.25, -0.2) is 9.67 Å². The molecule has 2 heterocycles. The van der Waals surface area contributed by atoms with Gasteiger partial charge in [0.2, 0.25) is 5.13 Å². The molecule has 0 atom stereocenters. The summed E-state index contributed by atoms with van der Waals surface area (Å²) in [6.07, 6.45) is 1.57. The van der Waals surface area contributed by atoms with Gasteiger partial charge in [-0.3, -0.25) is 0 Å². The number of hydrogen-bond donors (Lipinski definition) is 1. The van der Waals surface area contributed by atoms with Crippen LogP contribution in [0.5, 0.6) is 0 Å². The fraction of sp³-hybridized carbons (Fsp3) is 0.500. The molecule has 0 unspecified atom stereocenters. The van der Waals surface area contributed by atoms with E-state index in [0.29, 0.717) is 11.2 Å². The van der Waals surface area contributed by atoms with Gasteiger partial charge in [-0.2, -0.15) is 5.10 Å². The first kappa shape index (κ1) is 11.3. The molecule has 2 rings (SSSR count). The van der Waals surface area contributed by atoms with Crippen molar-refractivity contribution in [2.24, 2.45) is 0 Å². The van der Waals surface area contributed by atoms with E-state index in [9.17, 15) is 0 Å². The van der Waals surface area contributed by atoms with Crippen LogP contribution >= 0.6 is 23.1 Å². The highest BCUT2D eigenvalue weighted by molar-refractivity contribution is 8.00. The molecule has 0 aromatic carbocycles. The monoisotopic (exact) mass is 256 g/mol.